The Balaban J connectivity index is 1.90. The van der Waals surface area contributed by atoms with E-state index in [4.69, 9.17) is 15.7 Å². The molecule has 4 N–H and O–H groups in total. The number of Topliss-reactive ketones (excluding diaryl/α,β-unsaturated/α-hetero) is 1. The molecule has 7 heteroatoms. The average Bonchev–Trinajstić information content (AvgIpc) is 3.09. The molecule has 0 saturated heterocycles. The van der Waals surface area contributed by atoms with Gasteiger partial charge in [-0.15, -0.1) is 0 Å². The van der Waals surface area contributed by atoms with Crippen molar-refractivity contribution >= 4 is 34.4 Å². The maximum absolute atomic E-state index is 11.5. The van der Waals surface area contributed by atoms with E-state index < -0.39 is 0 Å². The first-order chi connectivity index (χ1) is 15.0. The number of aromatic nitrogens is 3. The summed E-state index contributed by atoms with van der Waals surface area (Å²) in [5.41, 5.74) is 9.02. The molecule has 2 aromatic heterocycles. The maximum atomic E-state index is 11.5. The van der Waals surface area contributed by atoms with Gasteiger partial charge < -0.3 is 16.4 Å². The standard InChI is InChI=1S/C24H34N6O/c1-4-7-19(8-5-2)26-22-14-13-21-23(29-22)30(16-6-15-25)24(28-21)27-20-11-9-18(10-12-20)17(3)31/h9-14,19H,4-8,15-16,25H2,1-3H3,(H,26,29)(H,27,28). The first-order valence-electron chi connectivity index (χ1n) is 11.3. The Hall–Kier alpha value is -2.93. The molecular formula is C24H34N6O. The molecule has 0 fully saturated rings. The van der Waals surface area contributed by atoms with Crippen molar-refractivity contribution in [3.8, 4) is 0 Å². The second-order valence-corrected chi connectivity index (χ2v) is 7.95. The van der Waals surface area contributed by atoms with E-state index in [1.807, 2.05) is 36.4 Å². The molecule has 0 radical (unpaired) electrons. The van der Waals surface area contributed by atoms with E-state index in [9.17, 15) is 4.79 Å². The number of hydrogen-bond donors (Lipinski definition) is 3. The van der Waals surface area contributed by atoms with Gasteiger partial charge in [0.2, 0.25) is 5.95 Å². The van der Waals surface area contributed by atoms with E-state index in [0.717, 1.165) is 67.3 Å². The van der Waals surface area contributed by atoms with Gasteiger partial charge in [-0.1, -0.05) is 26.7 Å². The molecule has 31 heavy (non-hydrogen) atoms. The van der Waals surface area contributed by atoms with Crippen LogP contribution in [-0.2, 0) is 6.54 Å². The van der Waals surface area contributed by atoms with Crippen LogP contribution in [0.1, 0.15) is 63.2 Å². The number of nitrogens with one attached hydrogen (secondary N) is 2. The van der Waals surface area contributed by atoms with E-state index in [1.165, 1.54) is 0 Å². The van der Waals surface area contributed by atoms with Gasteiger partial charge in [0.25, 0.3) is 0 Å². The highest BCUT2D eigenvalue weighted by atomic mass is 16.1. The van der Waals surface area contributed by atoms with E-state index in [-0.39, 0.29) is 5.78 Å². The third-order valence-corrected chi connectivity index (χ3v) is 5.35. The minimum Gasteiger partial charge on any atom is -0.367 e. The normalized spacial score (nSPS) is 11.3. The third-order valence-electron chi connectivity index (χ3n) is 5.35. The van der Waals surface area contributed by atoms with Crippen LogP contribution in [0.4, 0.5) is 17.5 Å². The largest absolute Gasteiger partial charge is 0.367 e. The van der Waals surface area contributed by atoms with Gasteiger partial charge in [0.05, 0.1) is 0 Å². The van der Waals surface area contributed by atoms with Crippen molar-refractivity contribution in [2.24, 2.45) is 5.73 Å². The first kappa shape index (κ1) is 22.7. The highest BCUT2D eigenvalue weighted by molar-refractivity contribution is 5.94. The van der Waals surface area contributed by atoms with Gasteiger partial charge >= 0.3 is 0 Å². The zero-order valence-corrected chi connectivity index (χ0v) is 18.8. The van der Waals surface area contributed by atoms with Crippen LogP contribution in [0.3, 0.4) is 0 Å². The number of carbonyl (C=O) groups is 1. The Morgan fingerprint density at radius 1 is 1.06 bits per heavy atom. The summed E-state index contributed by atoms with van der Waals surface area (Å²) < 4.78 is 2.08. The van der Waals surface area contributed by atoms with Gasteiger partial charge in [0.1, 0.15) is 11.3 Å². The number of benzene rings is 1. The number of nitrogens with zero attached hydrogens (tertiary/aromatic N) is 3. The Bertz CT molecular complexity index is 989. The van der Waals surface area contributed by atoms with E-state index in [2.05, 4.69) is 29.0 Å². The number of rotatable bonds is 12. The van der Waals surface area contributed by atoms with Crippen LogP contribution in [0.25, 0.3) is 11.2 Å². The molecule has 0 atom stereocenters. The monoisotopic (exact) mass is 422 g/mol. The number of fused-ring (bicyclic) bond motifs is 1. The van der Waals surface area contributed by atoms with Gasteiger partial charge in [-0.25, -0.2) is 9.97 Å². The molecule has 2 heterocycles. The Morgan fingerprint density at radius 3 is 2.39 bits per heavy atom. The highest BCUT2D eigenvalue weighted by Gasteiger charge is 2.14. The van der Waals surface area contributed by atoms with Crippen molar-refractivity contribution < 1.29 is 4.79 Å². The summed E-state index contributed by atoms with van der Waals surface area (Å²) in [6.07, 6.45) is 5.37. The lowest BCUT2D eigenvalue weighted by Crippen LogP contribution is -2.19. The minimum atomic E-state index is 0.0513. The molecule has 0 unspecified atom stereocenters. The molecule has 0 amide bonds. The van der Waals surface area contributed by atoms with Crippen LogP contribution < -0.4 is 16.4 Å². The van der Waals surface area contributed by atoms with E-state index in [0.29, 0.717) is 18.2 Å². The van der Waals surface area contributed by atoms with Gasteiger partial charge in [0.15, 0.2) is 11.4 Å². The summed E-state index contributed by atoms with van der Waals surface area (Å²) in [6, 6.07) is 11.9. The highest BCUT2D eigenvalue weighted by Crippen LogP contribution is 2.24. The van der Waals surface area contributed by atoms with Crippen molar-refractivity contribution in [2.45, 2.75) is 65.5 Å². The molecule has 3 rings (SSSR count). The number of imidazole rings is 1. The van der Waals surface area contributed by atoms with Crippen LogP contribution >= 0.6 is 0 Å². The Kier molecular flexibility index (Phi) is 8.00. The van der Waals surface area contributed by atoms with E-state index in [1.54, 1.807) is 6.92 Å². The Labute approximate surface area is 184 Å². The molecule has 0 bridgehead atoms. The molecule has 0 aliphatic rings. The molecule has 0 aliphatic heterocycles. The lowest BCUT2D eigenvalue weighted by Gasteiger charge is -2.18. The van der Waals surface area contributed by atoms with Crippen molar-refractivity contribution in [1.82, 2.24) is 14.5 Å². The average molecular weight is 423 g/mol. The summed E-state index contributed by atoms with van der Waals surface area (Å²) in [5.74, 6) is 1.66. The predicted molar refractivity (Wildman–Crippen MR) is 128 cm³/mol. The topological polar surface area (TPSA) is 97.9 Å². The van der Waals surface area contributed by atoms with Crippen LogP contribution in [0.5, 0.6) is 0 Å². The van der Waals surface area contributed by atoms with Gasteiger partial charge in [0, 0.05) is 23.8 Å². The second kappa shape index (κ2) is 10.9. The third kappa shape index (κ3) is 5.82. The number of nitrogens with two attached hydrogens (primary N) is 1. The first-order valence-corrected chi connectivity index (χ1v) is 11.3. The molecule has 7 nitrogen and oxygen atoms in total. The molecule has 0 saturated carbocycles. The molecular weight excluding hydrogens is 388 g/mol. The quantitative estimate of drug-likeness (QED) is 0.351. The smallest absolute Gasteiger partial charge is 0.209 e. The van der Waals surface area contributed by atoms with Crippen molar-refractivity contribution in [2.75, 3.05) is 17.2 Å². The summed E-state index contributed by atoms with van der Waals surface area (Å²) >= 11 is 0. The number of carbonyl (C=O) groups excluding carboxylic acids is 1. The van der Waals surface area contributed by atoms with Crippen LogP contribution in [0.2, 0.25) is 0 Å². The summed E-state index contributed by atoms with van der Waals surface area (Å²) in [4.78, 5) is 21.2. The number of anilines is 3. The molecule has 0 spiro atoms. The molecule has 0 aliphatic carbocycles. The van der Waals surface area contributed by atoms with Gasteiger partial charge in [-0.3, -0.25) is 9.36 Å². The lowest BCUT2D eigenvalue weighted by atomic mass is 10.1. The van der Waals surface area contributed by atoms with Crippen molar-refractivity contribution in [3.63, 3.8) is 0 Å². The fourth-order valence-corrected chi connectivity index (χ4v) is 3.75. The van der Waals surface area contributed by atoms with Gasteiger partial charge in [-0.2, -0.15) is 0 Å². The lowest BCUT2D eigenvalue weighted by molar-refractivity contribution is 0.101. The summed E-state index contributed by atoms with van der Waals surface area (Å²) in [6.45, 7) is 7.31. The Morgan fingerprint density at radius 2 is 1.77 bits per heavy atom. The molecule has 166 valence electrons. The van der Waals surface area contributed by atoms with Crippen LogP contribution in [0, 0.1) is 0 Å². The zero-order chi connectivity index (χ0) is 22.2. The zero-order valence-electron chi connectivity index (χ0n) is 18.8. The fourth-order valence-electron chi connectivity index (χ4n) is 3.75. The van der Waals surface area contributed by atoms with Crippen molar-refractivity contribution in [3.05, 3.63) is 42.0 Å². The predicted octanol–water partition coefficient (Wildman–Crippen LogP) is 5.11. The SMILES string of the molecule is CCCC(CCC)Nc1ccc2nc(Nc3ccc(C(C)=O)cc3)n(CCCN)c2n1. The summed E-state index contributed by atoms with van der Waals surface area (Å²) in [5, 5.41) is 6.98. The summed E-state index contributed by atoms with van der Waals surface area (Å²) in [7, 11) is 0. The van der Waals surface area contributed by atoms with Crippen LogP contribution in [-0.4, -0.2) is 32.9 Å². The maximum Gasteiger partial charge on any atom is 0.209 e. The fraction of sp³-hybridized carbons (Fsp3) is 0.458. The van der Waals surface area contributed by atoms with Crippen molar-refractivity contribution in [1.29, 1.82) is 0 Å². The number of pyridine rings is 1. The van der Waals surface area contributed by atoms with E-state index >= 15 is 0 Å². The minimum absolute atomic E-state index is 0.0513. The second-order valence-electron chi connectivity index (χ2n) is 7.95. The van der Waals surface area contributed by atoms with Gasteiger partial charge in [-0.05, 0) is 69.1 Å². The van der Waals surface area contributed by atoms with Crippen LogP contribution in [0.15, 0.2) is 36.4 Å². The number of hydrogen-bond acceptors (Lipinski definition) is 6. The number of ketones is 1. The molecule has 1 aromatic carbocycles. The number of aryl methyl sites for hydroxylation is 1. The molecule has 3 aromatic rings.